The molecule has 0 aliphatic rings. The van der Waals surface area contributed by atoms with Gasteiger partial charge in [-0.1, -0.05) is 19.9 Å². The van der Waals surface area contributed by atoms with Crippen LogP contribution in [-0.4, -0.2) is 15.8 Å². The van der Waals surface area contributed by atoms with Gasteiger partial charge in [0.05, 0.1) is 12.2 Å². The van der Waals surface area contributed by atoms with Gasteiger partial charge in [-0.3, -0.25) is 4.68 Å². The predicted molar refractivity (Wildman–Crippen MR) is 83.9 cm³/mol. The molecule has 0 saturated carbocycles. The van der Waals surface area contributed by atoms with Crippen molar-refractivity contribution >= 4 is 0 Å². The van der Waals surface area contributed by atoms with Crippen molar-refractivity contribution in [1.82, 2.24) is 15.1 Å². The molecule has 0 saturated heterocycles. The first-order chi connectivity index (χ1) is 9.88. The zero-order valence-corrected chi connectivity index (χ0v) is 13.5. The maximum Gasteiger partial charge on any atom is 0.123 e. The first-order valence-electron chi connectivity index (χ1n) is 7.39. The van der Waals surface area contributed by atoms with E-state index in [1.807, 2.05) is 24.6 Å². The third-order valence-corrected chi connectivity index (χ3v) is 3.84. The van der Waals surface area contributed by atoms with E-state index in [0.29, 0.717) is 12.6 Å². The molecule has 3 nitrogen and oxygen atoms in total. The number of halogens is 1. The van der Waals surface area contributed by atoms with Gasteiger partial charge >= 0.3 is 0 Å². The highest BCUT2D eigenvalue weighted by Crippen LogP contribution is 2.17. The van der Waals surface area contributed by atoms with E-state index in [1.54, 1.807) is 6.07 Å². The van der Waals surface area contributed by atoms with E-state index in [2.05, 4.69) is 31.2 Å². The first kappa shape index (κ1) is 15.7. The second kappa shape index (κ2) is 6.39. The Hall–Kier alpha value is -1.68. The summed E-state index contributed by atoms with van der Waals surface area (Å²) in [6, 6.07) is 5.37. The smallest absolute Gasteiger partial charge is 0.123 e. The Kier molecular flexibility index (Phi) is 4.78. The van der Waals surface area contributed by atoms with Crippen molar-refractivity contribution in [3.63, 3.8) is 0 Å². The lowest BCUT2D eigenvalue weighted by Gasteiger charge is -2.10. The van der Waals surface area contributed by atoms with Crippen LogP contribution in [0.4, 0.5) is 4.39 Å². The lowest BCUT2D eigenvalue weighted by atomic mass is 10.1. The molecule has 1 aromatic carbocycles. The van der Waals surface area contributed by atoms with Gasteiger partial charge in [0.25, 0.3) is 0 Å². The molecule has 0 unspecified atom stereocenters. The zero-order chi connectivity index (χ0) is 15.6. The number of aromatic nitrogens is 2. The van der Waals surface area contributed by atoms with E-state index in [9.17, 15) is 4.39 Å². The number of benzene rings is 1. The van der Waals surface area contributed by atoms with E-state index in [1.165, 1.54) is 17.3 Å². The van der Waals surface area contributed by atoms with Crippen molar-refractivity contribution in [2.24, 2.45) is 0 Å². The van der Waals surface area contributed by atoms with Gasteiger partial charge in [0, 0.05) is 23.8 Å². The number of rotatable bonds is 5. The summed E-state index contributed by atoms with van der Waals surface area (Å²) in [7, 11) is 0. The largest absolute Gasteiger partial charge is 0.310 e. The number of nitrogens with zero attached hydrogens (tertiary/aromatic N) is 2. The fourth-order valence-corrected chi connectivity index (χ4v) is 2.45. The van der Waals surface area contributed by atoms with E-state index < -0.39 is 0 Å². The van der Waals surface area contributed by atoms with Crippen LogP contribution < -0.4 is 5.32 Å². The van der Waals surface area contributed by atoms with Crippen LogP contribution in [0.15, 0.2) is 18.2 Å². The second-order valence-electron chi connectivity index (χ2n) is 5.91. The second-order valence-corrected chi connectivity index (χ2v) is 5.91. The van der Waals surface area contributed by atoms with Crippen molar-refractivity contribution in [1.29, 1.82) is 0 Å². The molecule has 0 bridgehead atoms. The molecule has 0 atom stereocenters. The Morgan fingerprint density at radius 2 is 1.95 bits per heavy atom. The van der Waals surface area contributed by atoms with E-state index in [0.717, 1.165) is 23.4 Å². The summed E-state index contributed by atoms with van der Waals surface area (Å²) in [5, 5.41) is 8.07. The van der Waals surface area contributed by atoms with E-state index >= 15 is 0 Å². The third-order valence-electron chi connectivity index (χ3n) is 3.84. The molecule has 0 aliphatic heterocycles. The molecule has 0 spiro atoms. The topological polar surface area (TPSA) is 29.9 Å². The molecule has 1 heterocycles. The minimum absolute atomic E-state index is 0.188. The molecule has 2 rings (SSSR count). The highest BCUT2D eigenvalue weighted by atomic mass is 19.1. The van der Waals surface area contributed by atoms with Crippen LogP contribution in [0.2, 0.25) is 0 Å². The van der Waals surface area contributed by atoms with Crippen molar-refractivity contribution in [2.45, 2.75) is 53.8 Å². The predicted octanol–water partition coefficient (Wildman–Crippen LogP) is 3.49. The summed E-state index contributed by atoms with van der Waals surface area (Å²) in [5.41, 5.74) is 5.54. The van der Waals surface area contributed by atoms with Gasteiger partial charge in [0.1, 0.15) is 5.82 Å². The Balaban J connectivity index is 2.23. The van der Waals surface area contributed by atoms with E-state index in [-0.39, 0.29) is 5.82 Å². The summed E-state index contributed by atoms with van der Waals surface area (Å²) in [6.45, 7) is 11.9. The summed E-state index contributed by atoms with van der Waals surface area (Å²) < 4.78 is 15.2. The van der Waals surface area contributed by atoms with Crippen molar-refractivity contribution < 1.29 is 4.39 Å². The SMILES string of the molecule is Cc1cc(F)ccc1Cn1nc(C)c(CNC(C)C)c1C. The Morgan fingerprint density at radius 1 is 1.24 bits per heavy atom. The van der Waals surface area contributed by atoms with Gasteiger partial charge in [0.15, 0.2) is 0 Å². The monoisotopic (exact) mass is 289 g/mol. The van der Waals surface area contributed by atoms with Gasteiger partial charge < -0.3 is 5.32 Å². The number of hydrogen-bond donors (Lipinski definition) is 1. The Labute approximate surface area is 126 Å². The maximum atomic E-state index is 13.2. The number of aryl methyl sites for hydroxylation is 2. The molecule has 1 N–H and O–H groups in total. The van der Waals surface area contributed by atoms with Crippen LogP contribution in [0, 0.1) is 26.6 Å². The molecule has 4 heteroatoms. The van der Waals surface area contributed by atoms with Gasteiger partial charge in [-0.05, 0) is 44.0 Å². The normalized spacial score (nSPS) is 11.4. The minimum Gasteiger partial charge on any atom is -0.310 e. The molecule has 0 fully saturated rings. The highest BCUT2D eigenvalue weighted by Gasteiger charge is 2.12. The van der Waals surface area contributed by atoms with Gasteiger partial charge in [0.2, 0.25) is 0 Å². The average Bonchev–Trinajstić information content (AvgIpc) is 2.65. The van der Waals surface area contributed by atoms with Gasteiger partial charge in [-0.15, -0.1) is 0 Å². The van der Waals surface area contributed by atoms with Crippen LogP contribution in [-0.2, 0) is 13.1 Å². The maximum absolute atomic E-state index is 13.2. The summed E-state index contributed by atoms with van der Waals surface area (Å²) in [6.07, 6.45) is 0. The summed E-state index contributed by atoms with van der Waals surface area (Å²) in [4.78, 5) is 0. The van der Waals surface area contributed by atoms with Crippen molar-refractivity contribution in [2.75, 3.05) is 0 Å². The lowest BCUT2D eigenvalue weighted by molar-refractivity contribution is 0.584. The fourth-order valence-electron chi connectivity index (χ4n) is 2.45. The molecular weight excluding hydrogens is 265 g/mol. The molecule has 0 aliphatic carbocycles. The number of nitrogens with one attached hydrogen (secondary N) is 1. The van der Waals surface area contributed by atoms with Gasteiger partial charge in [-0.25, -0.2) is 4.39 Å². The average molecular weight is 289 g/mol. The Morgan fingerprint density at radius 3 is 2.57 bits per heavy atom. The van der Waals surface area contributed by atoms with Crippen molar-refractivity contribution in [3.8, 4) is 0 Å². The quantitative estimate of drug-likeness (QED) is 0.913. The van der Waals surface area contributed by atoms with Crippen molar-refractivity contribution in [3.05, 3.63) is 52.1 Å². The van der Waals surface area contributed by atoms with Crippen LogP contribution in [0.25, 0.3) is 0 Å². The molecule has 114 valence electrons. The third kappa shape index (κ3) is 3.70. The van der Waals surface area contributed by atoms with E-state index in [4.69, 9.17) is 0 Å². The fraction of sp³-hybridized carbons (Fsp3) is 0.471. The van der Waals surface area contributed by atoms with Crippen LogP contribution in [0.5, 0.6) is 0 Å². The highest BCUT2D eigenvalue weighted by molar-refractivity contribution is 5.29. The van der Waals surface area contributed by atoms with Gasteiger partial charge in [-0.2, -0.15) is 5.10 Å². The van der Waals surface area contributed by atoms with Crippen LogP contribution in [0.1, 0.15) is 41.9 Å². The zero-order valence-electron chi connectivity index (χ0n) is 13.5. The molecule has 2 aromatic rings. The van der Waals surface area contributed by atoms with Crippen LogP contribution >= 0.6 is 0 Å². The molecule has 21 heavy (non-hydrogen) atoms. The molecular formula is C17H24FN3. The number of hydrogen-bond acceptors (Lipinski definition) is 2. The Bertz CT molecular complexity index is 629. The standard InChI is InChI=1S/C17H24FN3/c1-11(2)19-9-17-13(4)20-21(14(17)5)10-15-6-7-16(18)8-12(15)3/h6-8,11,19H,9-10H2,1-5H3. The van der Waals surface area contributed by atoms with Crippen LogP contribution in [0.3, 0.4) is 0 Å². The molecule has 1 aromatic heterocycles. The minimum atomic E-state index is -0.188. The summed E-state index contributed by atoms with van der Waals surface area (Å²) in [5.74, 6) is -0.188. The lowest BCUT2D eigenvalue weighted by Crippen LogP contribution is -2.22. The first-order valence-corrected chi connectivity index (χ1v) is 7.39. The molecule has 0 amide bonds. The molecule has 0 radical (unpaired) electrons. The summed E-state index contributed by atoms with van der Waals surface area (Å²) >= 11 is 0.